The fourth-order valence-electron chi connectivity index (χ4n) is 3.99. The number of hydrogen-bond acceptors (Lipinski definition) is 5. The van der Waals surface area contributed by atoms with Crippen LogP contribution < -0.4 is 10.6 Å². The van der Waals surface area contributed by atoms with Gasteiger partial charge in [0.1, 0.15) is 11.5 Å². The van der Waals surface area contributed by atoms with E-state index in [1.54, 1.807) is 6.20 Å². The lowest BCUT2D eigenvalue weighted by Crippen LogP contribution is -2.38. The number of rotatable bonds is 4. The molecular formula is C19H23N5O. The molecule has 2 aromatic rings. The van der Waals surface area contributed by atoms with Gasteiger partial charge in [-0.15, -0.1) is 0 Å². The average Bonchev–Trinajstić information content (AvgIpc) is 3.10. The van der Waals surface area contributed by atoms with Crippen LogP contribution in [0.25, 0.3) is 11.5 Å². The highest BCUT2D eigenvalue weighted by Crippen LogP contribution is 2.33. The summed E-state index contributed by atoms with van der Waals surface area (Å²) in [5, 5.41) is 0. The molecule has 0 saturated carbocycles. The SMILES string of the molecule is NC(=O)CC1CCCN(c2nc(-c3ccccn3)nc3c2CCC3)C1. The maximum atomic E-state index is 11.3. The van der Waals surface area contributed by atoms with E-state index < -0.39 is 0 Å². The zero-order valence-corrected chi connectivity index (χ0v) is 14.3. The minimum Gasteiger partial charge on any atom is -0.370 e. The molecule has 4 rings (SSSR count). The van der Waals surface area contributed by atoms with Crippen LogP contribution in [0.5, 0.6) is 0 Å². The van der Waals surface area contributed by atoms with Crippen molar-refractivity contribution in [3.05, 3.63) is 35.7 Å². The molecule has 3 heterocycles. The summed E-state index contributed by atoms with van der Waals surface area (Å²) in [6.45, 7) is 1.81. The number of nitrogens with zero attached hydrogens (tertiary/aromatic N) is 4. The molecule has 1 saturated heterocycles. The summed E-state index contributed by atoms with van der Waals surface area (Å²) >= 11 is 0. The molecular weight excluding hydrogens is 314 g/mol. The fraction of sp³-hybridized carbons (Fsp3) is 0.474. The molecule has 25 heavy (non-hydrogen) atoms. The van der Waals surface area contributed by atoms with Crippen LogP contribution in [0.2, 0.25) is 0 Å². The molecule has 0 aromatic carbocycles. The van der Waals surface area contributed by atoms with Gasteiger partial charge in [-0.2, -0.15) is 0 Å². The van der Waals surface area contributed by atoms with Gasteiger partial charge in [0.2, 0.25) is 5.91 Å². The van der Waals surface area contributed by atoms with Crippen LogP contribution in [0.1, 0.15) is 36.9 Å². The van der Waals surface area contributed by atoms with E-state index in [1.165, 1.54) is 5.56 Å². The second-order valence-electron chi connectivity index (χ2n) is 6.99. The van der Waals surface area contributed by atoms with Crippen molar-refractivity contribution in [2.24, 2.45) is 11.7 Å². The molecule has 1 amide bonds. The molecule has 1 unspecified atom stereocenters. The van der Waals surface area contributed by atoms with E-state index in [2.05, 4.69) is 9.88 Å². The Bertz CT molecular complexity index is 777. The maximum Gasteiger partial charge on any atom is 0.217 e. The molecule has 0 bridgehead atoms. The smallest absolute Gasteiger partial charge is 0.217 e. The highest BCUT2D eigenvalue weighted by Gasteiger charge is 2.28. The normalized spacial score (nSPS) is 19.7. The van der Waals surface area contributed by atoms with Crippen molar-refractivity contribution < 1.29 is 4.79 Å². The summed E-state index contributed by atoms with van der Waals surface area (Å²) < 4.78 is 0. The van der Waals surface area contributed by atoms with E-state index in [-0.39, 0.29) is 5.91 Å². The predicted octanol–water partition coefficient (Wildman–Crippen LogP) is 2.12. The Morgan fingerprint density at radius 3 is 2.96 bits per heavy atom. The summed E-state index contributed by atoms with van der Waals surface area (Å²) in [5.41, 5.74) is 8.65. The first-order chi connectivity index (χ1) is 12.2. The molecule has 1 fully saturated rings. The number of aryl methyl sites for hydroxylation is 1. The van der Waals surface area contributed by atoms with Crippen LogP contribution in [0, 0.1) is 5.92 Å². The quantitative estimate of drug-likeness (QED) is 0.924. The Morgan fingerprint density at radius 1 is 1.24 bits per heavy atom. The van der Waals surface area contributed by atoms with Gasteiger partial charge in [-0.05, 0) is 50.2 Å². The fourth-order valence-corrected chi connectivity index (χ4v) is 3.99. The number of piperidine rings is 1. The Morgan fingerprint density at radius 2 is 2.16 bits per heavy atom. The summed E-state index contributed by atoms with van der Waals surface area (Å²) in [6, 6.07) is 5.81. The van der Waals surface area contributed by atoms with Crippen LogP contribution in [0.3, 0.4) is 0 Å². The van der Waals surface area contributed by atoms with Crippen molar-refractivity contribution in [3.8, 4) is 11.5 Å². The maximum absolute atomic E-state index is 11.3. The van der Waals surface area contributed by atoms with Crippen LogP contribution in [-0.2, 0) is 17.6 Å². The van der Waals surface area contributed by atoms with Crippen LogP contribution in [0.4, 0.5) is 5.82 Å². The lowest BCUT2D eigenvalue weighted by molar-refractivity contribution is -0.118. The number of fused-ring (bicyclic) bond motifs is 1. The van der Waals surface area contributed by atoms with Gasteiger partial charge in [-0.3, -0.25) is 9.78 Å². The first kappa shape index (κ1) is 16.0. The first-order valence-electron chi connectivity index (χ1n) is 9.05. The molecule has 0 spiro atoms. The monoisotopic (exact) mass is 337 g/mol. The molecule has 2 aliphatic rings. The number of pyridine rings is 1. The number of nitrogens with two attached hydrogens (primary N) is 1. The molecule has 2 aromatic heterocycles. The summed E-state index contributed by atoms with van der Waals surface area (Å²) in [5.74, 6) is 1.84. The zero-order chi connectivity index (χ0) is 17.2. The van der Waals surface area contributed by atoms with Gasteiger partial charge in [0.15, 0.2) is 5.82 Å². The van der Waals surface area contributed by atoms with Gasteiger partial charge in [-0.25, -0.2) is 9.97 Å². The highest BCUT2D eigenvalue weighted by molar-refractivity contribution is 5.74. The van der Waals surface area contributed by atoms with Crippen LogP contribution >= 0.6 is 0 Å². The summed E-state index contributed by atoms with van der Waals surface area (Å²) in [6.07, 6.45) is 7.51. The molecule has 2 N–H and O–H groups in total. The van der Waals surface area contributed by atoms with Gasteiger partial charge < -0.3 is 10.6 Å². The molecule has 1 aliphatic carbocycles. The van der Waals surface area contributed by atoms with Crippen molar-refractivity contribution in [2.75, 3.05) is 18.0 Å². The minimum absolute atomic E-state index is 0.214. The van der Waals surface area contributed by atoms with Gasteiger partial charge in [0, 0.05) is 37.0 Å². The third-order valence-corrected chi connectivity index (χ3v) is 5.11. The van der Waals surface area contributed by atoms with Crippen molar-refractivity contribution >= 4 is 11.7 Å². The number of anilines is 1. The standard InChI is InChI=1S/C19H23N5O/c20-17(25)11-13-5-4-10-24(12-13)19-14-6-3-8-15(14)22-18(23-19)16-7-1-2-9-21-16/h1-2,7,9,13H,3-6,8,10-12H2,(H2,20,25). The van der Waals surface area contributed by atoms with E-state index in [0.29, 0.717) is 18.2 Å². The van der Waals surface area contributed by atoms with Gasteiger partial charge in [0.05, 0.1) is 0 Å². The van der Waals surface area contributed by atoms with Gasteiger partial charge >= 0.3 is 0 Å². The van der Waals surface area contributed by atoms with Crippen molar-refractivity contribution in [1.82, 2.24) is 15.0 Å². The van der Waals surface area contributed by atoms with Crippen molar-refractivity contribution in [3.63, 3.8) is 0 Å². The largest absolute Gasteiger partial charge is 0.370 e. The number of hydrogen-bond donors (Lipinski definition) is 1. The predicted molar refractivity (Wildman–Crippen MR) is 96.0 cm³/mol. The number of aromatic nitrogens is 3. The van der Waals surface area contributed by atoms with Crippen LogP contribution in [-0.4, -0.2) is 33.9 Å². The highest BCUT2D eigenvalue weighted by atomic mass is 16.1. The molecule has 130 valence electrons. The minimum atomic E-state index is -0.214. The lowest BCUT2D eigenvalue weighted by Gasteiger charge is -2.34. The number of carbonyl (C=O) groups is 1. The number of amides is 1. The summed E-state index contributed by atoms with van der Waals surface area (Å²) in [4.78, 5) is 27.7. The summed E-state index contributed by atoms with van der Waals surface area (Å²) in [7, 11) is 0. The van der Waals surface area contributed by atoms with E-state index in [9.17, 15) is 4.79 Å². The average molecular weight is 337 g/mol. The third-order valence-electron chi connectivity index (χ3n) is 5.11. The Balaban J connectivity index is 1.69. The van der Waals surface area contributed by atoms with Crippen molar-refractivity contribution in [1.29, 1.82) is 0 Å². The topological polar surface area (TPSA) is 85.0 Å². The van der Waals surface area contributed by atoms with Crippen molar-refractivity contribution in [2.45, 2.75) is 38.5 Å². The van der Waals surface area contributed by atoms with Gasteiger partial charge in [-0.1, -0.05) is 6.07 Å². The van der Waals surface area contributed by atoms with Gasteiger partial charge in [0.25, 0.3) is 0 Å². The Labute approximate surface area is 147 Å². The second-order valence-corrected chi connectivity index (χ2v) is 6.99. The molecule has 6 heteroatoms. The lowest BCUT2D eigenvalue weighted by atomic mass is 9.94. The first-order valence-corrected chi connectivity index (χ1v) is 9.05. The number of primary amides is 1. The van der Waals surface area contributed by atoms with E-state index >= 15 is 0 Å². The van der Waals surface area contributed by atoms with E-state index in [0.717, 1.165) is 62.4 Å². The third kappa shape index (κ3) is 3.34. The van der Waals surface area contributed by atoms with E-state index in [4.69, 9.17) is 15.7 Å². The molecule has 0 radical (unpaired) electrons. The Hall–Kier alpha value is -2.50. The second kappa shape index (κ2) is 6.78. The molecule has 1 atom stereocenters. The number of carbonyl (C=O) groups excluding carboxylic acids is 1. The van der Waals surface area contributed by atoms with Crippen LogP contribution in [0.15, 0.2) is 24.4 Å². The zero-order valence-electron chi connectivity index (χ0n) is 14.3. The Kier molecular flexibility index (Phi) is 4.34. The molecule has 1 aliphatic heterocycles. The molecule has 6 nitrogen and oxygen atoms in total. The van der Waals surface area contributed by atoms with E-state index in [1.807, 2.05) is 18.2 Å².